The summed E-state index contributed by atoms with van der Waals surface area (Å²) in [5.74, 6) is -0.342. The number of furan rings is 2. The van der Waals surface area contributed by atoms with Gasteiger partial charge in [0.1, 0.15) is 12.0 Å². The molecule has 0 amide bonds. The molecule has 2 aromatic rings. The lowest BCUT2D eigenvalue weighted by Crippen LogP contribution is -2.16. The molecule has 0 saturated carbocycles. The van der Waals surface area contributed by atoms with Gasteiger partial charge in [0.2, 0.25) is 0 Å². The van der Waals surface area contributed by atoms with Gasteiger partial charge in [-0.15, -0.1) is 0 Å². The van der Waals surface area contributed by atoms with Crippen molar-refractivity contribution >= 4 is 5.97 Å². The molecule has 0 unspecified atom stereocenters. The number of carboxylic acids is 1. The molecular formula is C12H13NO4. The summed E-state index contributed by atoms with van der Waals surface area (Å²) in [4.78, 5) is 12.7. The van der Waals surface area contributed by atoms with E-state index in [1.165, 1.54) is 12.3 Å². The van der Waals surface area contributed by atoms with Crippen molar-refractivity contribution in [3.8, 4) is 0 Å². The fraction of sp³-hybridized carbons (Fsp3) is 0.250. The molecule has 0 spiro atoms. The van der Waals surface area contributed by atoms with Crippen LogP contribution in [0.5, 0.6) is 0 Å². The van der Waals surface area contributed by atoms with Gasteiger partial charge in [-0.25, -0.2) is 4.79 Å². The average molecular weight is 235 g/mol. The van der Waals surface area contributed by atoms with Gasteiger partial charge in [-0.3, -0.25) is 4.90 Å². The summed E-state index contributed by atoms with van der Waals surface area (Å²) in [6.45, 7) is 1.28. The molecule has 0 aromatic carbocycles. The van der Waals surface area contributed by atoms with Crippen molar-refractivity contribution in [2.75, 3.05) is 7.05 Å². The van der Waals surface area contributed by atoms with Crippen LogP contribution in [0, 0.1) is 0 Å². The van der Waals surface area contributed by atoms with Crippen LogP contribution < -0.4 is 0 Å². The largest absolute Gasteiger partial charge is 0.478 e. The van der Waals surface area contributed by atoms with Gasteiger partial charge in [-0.05, 0) is 19.2 Å². The molecule has 0 radical (unpaired) electrons. The summed E-state index contributed by atoms with van der Waals surface area (Å²) in [7, 11) is 1.93. The topological polar surface area (TPSA) is 66.8 Å². The second kappa shape index (κ2) is 4.88. The van der Waals surface area contributed by atoms with Crippen molar-refractivity contribution in [2.45, 2.75) is 13.1 Å². The maximum absolute atomic E-state index is 10.7. The van der Waals surface area contributed by atoms with E-state index in [9.17, 15) is 4.79 Å². The van der Waals surface area contributed by atoms with E-state index < -0.39 is 5.97 Å². The summed E-state index contributed by atoms with van der Waals surface area (Å²) in [6, 6.07) is 3.43. The van der Waals surface area contributed by atoms with Gasteiger partial charge >= 0.3 is 5.97 Å². The first kappa shape index (κ1) is 11.5. The SMILES string of the molecule is CN(Cc1ccoc1)Cc1cc(C(=O)O)co1. The number of carbonyl (C=O) groups is 1. The number of hydrogen-bond donors (Lipinski definition) is 1. The van der Waals surface area contributed by atoms with Crippen LogP contribution in [0.25, 0.3) is 0 Å². The Bertz CT molecular complexity index is 486. The highest BCUT2D eigenvalue weighted by molar-refractivity contribution is 5.87. The molecule has 0 saturated heterocycles. The van der Waals surface area contributed by atoms with Gasteiger partial charge in [-0.2, -0.15) is 0 Å². The first-order chi connectivity index (χ1) is 8.15. The van der Waals surface area contributed by atoms with Crippen LogP contribution in [0.4, 0.5) is 0 Å². The smallest absolute Gasteiger partial charge is 0.338 e. The minimum Gasteiger partial charge on any atom is -0.478 e. The molecule has 2 aromatic heterocycles. The third-order valence-corrected chi connectivity index (χ3v) is 2.36. The maximum atomic E-state index is 10.7. The van der Waals surface area contributed by atoms with Crippen LogP contribution in [-0.4, -0.2) is 23.0 Å². The van der Waals surface area contributed by atoms with Crippen LogP contribution in [0.15, 0.2) is 39.8 Å². The average Bonchev–Trinajstić information content (AvgIpc) is 2.88. The third kappa shape index (κ3) is 2.98. The van der Waals surface area contributed by atoms with Crippen LogP contribution >= 0.6 is 0 Å². The minimum atomic E-state index is -0.975. The van der Waals surface area contributed by atoms with Gasteiger partial charge in [0.05, 0.1) is 24.6 Å². The molecule has 1 N–H and O–H groups in total. The van der Waals surface area contributed by atoms with Crippen molar-refractivity contribution in [1.29, 1.82) is 0 Å². The molecule has 0 atom stereocenters. The summed E-state index contributed by atoms with van der Waals surface area (Å²) < 4.78 is 10.1. The number of aromatic carboxylic acids is 1. The van der Waals surface area contributed by atoms with Crippen molar-refractivity contribution in [3.63, 3.8) is 0 Å². The molecule has 5 nitrogen and oxygen atoms in total. The van der Waals surface area contributed by atoms with Crippen molar-refractivity contribution in [3.05, 3.63) is 47.8 Å². The van der Waals surface area contributed by atoms with Gasteiger partial charge in [0, 0.05) is 12.1 Å². The first-order valence-corrected chi connectivity index (χ1v) is 5.15. The van der Waals surface area contributed by atoms with E-state index in [0.717, 1.165) is 12.1 Å². The molecule has 90 valence electrons. The zero-order chi connectivity index (χ0) is 12.3. The molecule has 5 heteroatoms. The van der Waals surface area contributed by atoms with E-state index in [4.69, 9.17) is 13.9 Å². The van der Waals surface area contributed by atoms with Crippen molar-refractivity contribution < 1.29 is 18.7 Å². The highest BCUT2D eigenvalue weighted by atomic mass is 16.4. The van der Waals surface area contributed by atoms with Crippen LogP contribution in [0.1, 0.15) is 21.7 Å². The molecule has 0 aliphatic carbocycles. The summed E-state index contributed by atoms with van der Waals surface area (Å²) in [5, 5.41) is 8.75. The number of carboxylic acid groups (broad SMARTS) is 1. The number of rotatable bonds is 5. The molecule has 0 bridgehead atoms. The Morgan fingerprint density at radius 2 is 2.24 bits per heavy atom. The highest BCUT2D eigenvalue weighted by Crippen LogP contribution is 2.12. The fourth-order valence-electron chi connectivity index (χ4n) is 1.59. The van der Waals surface area contributed by atoms with Gasteiger partial charge < -0.3 is 13.9 Å². The zero-order valence-electron chi connectivity index (χ0n) is 9.42. The Labute approximate surface area is 98.3 Å². The Balaban J connectivity index is 1.93. The maximum Gasteiger partial charge on any atom is 0.338 e. The zero-order valence-corrected chi connectivity index (χ0v) is 9.42. The lowest BCUT2D eigenvalue weighted by molar-refractivity contribution is 0.0696. The van der Waals surface area contributed by atoms with Crippen LogP contribution in [-0.2, 0) is 13.1 Å². The molecular weight excluding hydrogens is 222 g/mol. The summed E-state index contributed by atoms with van der Waals surface area (Å²) in [6.07, 6.45) is 4.56. The van der Waals surface area contributed by atoms with Crippen molar-refractivity contribution in [1.82, 2.24) is 4.90 Å². The second-order valence-corrected chi connectivity index (χ2v) is 3.91. The van der Waals surface area contributed by atoms with E-state index in [1.807, 2.05) is 18.0 Å². The lowest BCUT2D eigenvalue weighted by atomic mass is 10.3. The van der Waals surface area contributed by atoms with E-state index in [-0.39, 0.29) is 5.56 Å². The van der Waals surface area contributed by atoms with Gasteiger partial charge in [0.15, 0.2) is 0 Å². The van der Waals surface area contributed by atoms with Crippen LogP contribution in [0.2, 0.25) is 0 Å². The van der Waals surface area contributed by atoms with Crippen molar-refractivity contribution in [2.24, 2.45) is 0 Å². The van der Waals surface area contributed by atoms with E-state index in [1.54, 1.807) is 12.5 Å². The Hall–Kier alpha value is -2.01. The standard InChI is InChI=1S/C12H13NO4/c1-13(5-9-2-3-16-7-9)6-11-4-10(8-17-11)12(14)15/h2-4,7-8H,5-6H2,1H3,(H,14,15). The summed E-state index contributed by atoms with van der Waals surface area (Å²) >= 11 is 0. The monoisotopic (exact) mass is 235 g/mol. The fourth-order valence-corrected chi connectivity index (χ4v) is 1.59. The van der Waals surface area contributed by atoms with E-state index >= 15 is 0 Å². The van der Waals surface area contributed by atoms with Crippen LogP contribution in [0.3, 0.4) is 0 Å². The Morgan fingerprint density at radius 3 is 2.82 bits per heavy atom. The van der Waals surface area contributed by atoms with E-state index in [2.05, 4.69) is 0 Å². The Morgan fingerprint density at radius 1 is 1.41 bits per heavy atom. The third-order valence-electron chi connectivity index (χ3n) is 2.36. The predicted octanol–water partition coefficient (Wildman–Crippen LogP) is 2.20. The van der Waals surface area contributed by atoms with E-state index in [0.29, 0.717) is 12.3 Å². The minimum absolute atomic E-state index is 0.178. The Kier molecular flexibility index (Phi) is 3.30. The van der Waals surface area contributed by atoms with Gasteiger partial charge in [-0.1, -0.05) is 0 Å². The highest BCUT2D eigenvalue weighted by Gasteiger charge is 2.10. The number of nitrogens with zero attached hydrogens (tertiary/aromatic N) is 1. The molecule has 2 rings (SSSR count). The first-order valence-electron chi connectivity index (χ1n) is 5.15. The second-order valence-electron chi connectivity index (χ2n) is 3.91. The number of hydrogen-bond acceptors (Lipinski definition) is 4. The molecule has 0 fully saturated rings. The summed E-state index contributed by atoms with van der Waals surface area (Å²) in [5.41, 5.74) is 1.24. The molecule has 0 aliphatic rings. The molecule has 17 heavy (non-hydrogen) atoms. The quantitative estimate of drug-likeness (QED) is 0.860. The molecule has 0 aliphatic heterocycles. The molecule has 2 heterocycles. The predicted molar refractivity (Wildman–Crippen MR) is 59.5 cm³/mol. The normalized spacial score (nSPS) is 10.9. The van der Waals surface area contributed by atoms with Gasteiger partial charge in [0.25, 0.3) is 0 Å². The lowest BCUT2D eigenvalue weighted by Gasteiger charge is -2.13.